The summed E-state index contributed by atoms with van der Waals surface area (Å²) in [5.41, 5.74) is 13.2. The number of nitrogens with zero attached hydrogens (tertiary/aromatic N) is 2. The van der Waals surface area contributed by atoms with Gasteiger partial charge in [-0.25, -0.2) is 0 Å². The molecule has 0 N–H and O–H groups in total. The van der Waals surface area contributed by atoms with Gasteiger partial charge in [0.1, 0.15) is 11.2 Å². The Balaban J connectivity index is 1.22. The van der Waals surface area contributed by atoms with Crippen LogP contribution in [-0.4, -0.2) is 9.13 Å². The molecular weight excluding hydrogens is 512 g/mol. The van der Waals surface area contributed by atoms with Crippen molar-refractivity contribution in [2.45, 2.75) is 6.42 Å². The quantitative estimate of drug-likeness (QED) is 0.216. The summed E-state index contributed by atoms with van der Waals surface area (Å²) in [6, 6.07) is 48.2. The Labute approximate surface area is 241 Å². The van der Waals surface area contributed by atoms with E-state index < -0.39 is 0 Å². The van der Waals surface area contributed by atoms with Crippen LogP contribution in [0, 0.1) is 0 Å². The first-order valence-corrected chi connectivity index (χ1v) is 14.5. The van der Waals surface area contributed by atoms with Gasteiger partial charge in [0, 0.05) is 56.0 Å². The van der Waals surface area contributed by atoms with Crippen molar-refractivity contribution in [1.82, 2.24) is 9.13 Å². The fourth-order valence-corrected chi connectivity index (χ4v) is 7.39. The number of hydrogen-bond donors (Lipinski definition) is 0. The molecule has 0 saturated heterocycles. The Morgan fingerprint density at radius 3 is 1.64 bits per heavy atom. The van der Waals surface area contributed by atoms with E-state index in [1.54, 1.807) is 0 Å². The largest absolute Gasteiger partial charge is 0.456 e. The first-order valence-electron chi connectivity index (χ1n) is 14.5. The molecule has 3 heterocycles. The molecular formula is C39H24N2O. The Hall–Kier alpha value is -5.54. The zero-order chi connectivity index (χ0) is 27.4. The van der Waals surface area contributed by atoms with E-state index in [1.165, 1.54) is 55.1 Å². The number of furan rings is 1. The van der Waals surface area contributed by atoms with Gasteiger partial charge in [0.25, 0.3) is 0 Å². The standard InChI is InChI=1S/C39H24N2O/c1-2-10-27-24(9-1)21-36-39(27)30-13-5-8-16-35(30)41(36)26-18-20-38-32(23-26)31-22-25(17-19-37(31)42-38)40-33-14-6-3-11-28(33)29-12-4-7-15-34(29)40/h1-20,22-23H,21H2. The lowest BCUT2D eigenvalue weighted by atomic mass is 10.0. The lowest BCUT2D eigenvalue weighted by molar-refractivity contribution is 0.669. The van der Waals surface area contributed by atoms with Crippen molar-refractivity contribution in [2.24, 2.45) is 0 Å². The summed E-state index contributed by atoms with van der Waals surface area (Å²) in [6.45, 7) is 0. The molecule has 0 saturated carbocycles. The predicted octanol–water partition coefficient (Wildman–Crippen LogP) is 10.2. The van der Waals surface area contributed by atoms with Crippen molar-refractivity contribution in [3.8, 4) is 22.5 Å². The third-order valence-electron chi connectivity index (χ3n) is 9.15. The van der Waals surface area contributed by atoms with Gasteiger partial charge in [-0.1, -0.05) is 78.9 Å². The van der Waals surface area contributed by atoms with E-state index in [0.29, 0.717) is 0 Å². The predicted molar refractivity (Wildman–Crippen MR) is 173 cm³/mol. The summed E-state index contributed by atoms with van der Waals surface area (Å²) in [7, 11) is 0. The fourth-order valence-electron chi connectivity index (χ4n) is 7.39. The highest BCUT2D eigenvalue weighted by atomic mass is 16.3. The van der Waals surface area contributed by atoms with Gasteiger partial charge in [-0.3, -0.25) is 0 Å². The summed E-state index contributed by atoms with van der Waals surface area (Å²) < 4.78 is 11.2. The minimum Gasteiger partial charge on any atom is -0.456 e. The number of rotatable bonds is 2. The molecule has 0 amide bonds. The van der Waals surface area contributed by atoms with E-state index >= 15 is 0 Å². The normalized spacial score (nSPS) is 12.7. The van der Waals surface area contributed by atoms with Crippen LogP contribution in [0.5, 0.6) is 0 Å². The zero-order valence-electron chi connectivity index (χ0n) is 22.7. The minimum atomic E-state index is 0.904. The van der Waals surface area contributed by atoms with Crippen LogP contribution < -0.4 is 0 Å². The first kappa shape index (κ1) is 22.2. The topological polar surface area (TPSA) is 23.0 Å². The average Bonchev–Trinajstić information content (AvgIpc) is 3.77. The molecule has 0 spiro atoms. The van der Waals surface area contributed by atoms with Gasteiger partial charge in [-0.2, -0.15) is 0 Å². The van der Waals surface area contributed by atoms with E-state index in [2.05, 4.69) is 143 Å². The van der Waals surface area contributed by atoms with E-state index in [0.717, 1.165) is 39.7 Å². The van der Waals surface area contributed by atoms with Crippen molar-refractivity contribution in [3.05, 3.63) is 145 Å². The Bertz CT molecular complexity index is 2500. The Morgan fingerprint density at radius 2 is 0.976 bits per heavy atom. The smallest absolute Gasteiger partial charge is 0.135 e. The summed E-state index contributed by atoms with van der Waals surface area (Å²) in [5.74, 6) is 0. The maximum Gasteiger partial charge on any atom is 0.135 e. The van der Waals surface area contributed by atoms with Crippen molar-refractivity contribution in [2.75, 3.05) is 0 Å². The summed E-state index contributed by atoms with van der Waals surface area (Å²) in [5, 5.41) is 6.10. The van der Waals surface area contributed by atoms with E-state index in [-0.39, 0.29) is 0 Å². The van der Waals surface area contributed by atoms with Crippen molar-refractivity contribution >= 4 is 54.6 Å². The van der Waals surface area contributed by atoms with E-state index in [9.17, 15) is 0 Å². The van der Waals surface area contributed by atoms with Gasteiger partial charge >= 0.3 is 0 Å². The molecule has 3 aromatic heterocycles. The molecule has 0 aliphatic heterocycles. The lowest BCUT2D eigenvalue weighted by Crippen LogP contribution is -1.99. The van der Waals surface area contributed by atoms with Crippen molar-refractivity contribution in [1.29, 1.82) is 0 Å². The third kappa shape index (κ3) is 2.84. The van der Waals surface area contributed by atoms with Gasteiger partial charge in [-0.15, -0.1) is 0 Å². The second-order valence-corrected chi connectivity index (χ2v) is 11.3. The van der Waals surface area contributed by atoms with E-state index in [4.69, 9.17) is 4.42 Å². The molecule has 6 aromatic carbocycles. The van der Waals surface area contributed by atoms with Crippen LogP contribution in [0.4, 0.5) is 0 Å². The monoisotopic (exact) mass is 536 g/mol. The van der Waals surface area contributed by atoms with Gasteiger partial charge in [-0.05, 0) is 65.7 Å². The second-order valence-electron chi connectivity index (χ2n) is 11.3. The number of aromatic nitrogens is 2. The number of hydrogen-bond acceptors (Lipinski definition) is 1. The SMILES string of the molecule is c1ccc2c(c1)Cc1c-2c2ccccc2n1-c1ccc2oc3ccc(-n4c5ccccc5c5ccccc54)cc3c2c1. The highest BCUT2D eigenvalue weighted by molar-refractivity contribution is 6.11. The van der Waals surface area contributed by atoms with Crippen LogP contribution in [0.2, 0.25) is 0 Å². The summed E-state index contributed by atoms with van der Waals surface area (Å²) in [6.07, 6.45) is 0.933. The molecule has 42 heavy (non-hydrogen) atoms. The van der Waals surface area contributed by atoms with Crippen molar-refractivity contribution in [3.63, 3.8) is 0 Å². The van der Waals surface area contributed by atoms with Crippen LogP contribution in [0.15, 0.2) is 138 Å². The molecule has 0 fully saturated rings. The van der Waals surface area contributed by atoms with Crippen LogP contribution >= 0.6 is 0 Å². The lowest BCUT2D eigenvalue weighted by Gasteiger charge is -2.10. The molecule has 1 aliphatic carbocycles. The van der Waals surface area contributed by atoms with Crippen LogP contribution in [0.1, 0.15) is 11.3 Å². The number of para-hydroxylation sites is 3. The molecule has 3 nitrogen and oxygen atoms in total. The zero-order valence-corrected chi connectivity index (χ0v) is 22.7. The second kappa shape index (κ2) is 8.02. The average molecular weight is 537 g/mol. The third-order valence-corrected chi connectivity index (χ3v) is 9.15. The maximum atomic E-state index is 6.38. The highest BCUT2D eigenvalue weighted by Gasteiger charge is 2.27. The maximum absolute atomic E-state index is 6.38. The molecule has 0 bridgehead atoms. The highest BCUT2D eigenvalue weighted by Crippen LogP contribution is 2.45. The number of fused-ring (bicyclic) bond motifs is 11. The minimum absolute atomic E-state index is 0.904. The molecule has 0 radical (unpaired) electrons. The van der Waals surface area contributed by atoms with Crippen LogP contribution in [0.3, 0.4) is 0 Å². The Morgan fingerprint density at radius 1 is 0.452 bits per heavy atom. The van der Waals surface area contributed by atoms with Crippen LogP contribution in [0.25, 0.3) is 77.1 Å². The summed E-state index contributed by atoms with van der Waals surface area (Å²) >= 11 is 0. The first-order chi connectivity index (χ1) is 20.8. The molecule has 196 valence electrons. The van der Waals surface area contributed by atoms with Gasteiger partial charge in [0.2, 0.25) is 0 Å². The molecule has 0 atom stereocenters. The van der Waals surface area contributed by atoms with Crippen molar-refractivity contribution < 1.29 is 4.42 Å². The number of benzene rings is 6. The van der Waals surface area contributed by atoms with Gasteiger partial charge < -0.3 is 13.6 Å². The Kier molecular flexibility index (Phi) is 4.24. The molecule has 3 heteroatoms. The van der Waals surface area contributed by atoms with Gasteiger partial charge in [0.05, 0.1) is 16.6 Å². The van der Waals surface area contributed by atoms with Crippen LogP contribution in [-0.2, 0) is 6.42 Å². The van der Waals surface area contributed by atoms with Gasteiger partial charge in [0.15, 0.2) is 0 Å². The molecule has 0 unspecified atom stereocenters. The van der Waals surface area contributed by atoms with E-state index in [1.807, 2.05) is 0 Å². The summed E-state index contributed by atoms with van der Waals surface area (Å²) in [4.78, 5) is 0. The molecule has 9 aromatic rings. The molecule has 10 rings (SSSR count). The fraction of sp³-hybridized carbons (Fsp3) is 0.0256. The molecule has 1 aliphatic rings.